The summed E-state index contributed by atoms with van der Waals surface area (Å²) in [6.45, 7) is 9.18. The molecule has 0 aliphatic carbocycles. The third kappa shape index (κ3) is 5.25. The van der Waals surface area contributed by atoms with E-state index in [0.29, 0.717) is 24.7 Å². The molecule has 4 rings (SSSR count). The summed E-state index contributed by atoms with van der Waals surface area (Å²) in [5.74, 6) is 0.811. The lowest BCUT2D eigenvalue weighted by molar-refractivity contribution is 0.228. The van der Waals surface area contributed by atoms with E-state index < -0.39 is 0 Å². The van der Waals surface area contributed by atoms with Crippen LogP contribution in [0.15, 0.2) is 59.4 Å². The highest BCUT2D eigenvalue weighted by atomic mass is 16.5. The number of nitrogens with one attached hydrogen (secondary N) is 1. The molecule has 0 saturated carbocycles. The standard InChI is InChI=1S/C27H31N5O2/c1-17(19(3)23-13-12-21-8-6-7-9-24(21)30-23)16-34-26-14-25(27(33)32(5)31-26)28-15-22-11-10-18(2)29-20(22)4/h6-14,17,19,28H,15-16H2,1-5H3/t17?,19-/m0/s1. The number of rotatable bonds is 8. The van der Waals surface area contributed by atoms with Gasteiger partial charge in [-0.1, -0.05) is 44.2 Å². The summed E-state index contributed by atoms with van der Waals surface area (Å²) in [5, 5.41) is 8.63. The Morgan fingerprint density at radius 2 is 1.82 bits per heavy atom. The molecule has 0 fully saturated rings. The number of para-hydroxylation sites is 1. The molecule has 0 radical (unpaired) electrons. The van der Waals surface area contributed by atoms with Crippen molar-refractivity contribution >= 4 is 16.6 Å². The third-order valence-electron chi connectivity index (χ3n) is 6.28. The van der Waals surface area contributed by atoms with E-state index in [0.717, 1.165) is 33.5 Å². The minimum atomic E-state index is -0.202. The van der Waals surface area contributed by atoms with Crippen LogP contribution in [0.3, 0.4) is 0 Å². The Hall–Kier alpha value is -3.74. The predicted octanol–water partition coefficient (Wildman–Crippen LogP) is 4.77. The van der Waals surface area contributed by atoms with Crippen molar-refractivity contribution in [3.8, 4) is 5.88 Å². The van der Waals surface area contributed by atoms with Crippen LogP contribution < -0.4 is 15.6 Å². The zero-order valence-electron chi connectivity index (χ0n) is 20.4. The first kappa shape index (κ1) is 23.4. The average Bonchev–Trinajstić information content (AvgIpc) is 2.83. The zero-order valence-corrected chi connectivity index (χ0v) is 20.4. The molecule has 2 atom stereocenters. The largest absolute Gasteiger partial charge is 0.476 e. The number of hydrogen-bond acceptors (Lipinski definition) is 6. The van der Waals surface area contributed by atoms with Gasteiger partial charge in [0.25, 0.3) is 5.56 Å². The van der Waals surface area contributed by atoms with Crippen molar-refractivity contribution in [2.45, 2.75) is 40.2 Å². The lowest BCUT2D eigenvalue weighted by Gasteiger charge is -2.20. The van der Waals surface area contributed by atoms with Crippen LogP contribution in [0.1, 0.15) is 42.4 Å². The molecule has 0 aliphatic heterocycles. The van der Waals surface area contributed by atoms with E-state index in [9.17, 15) is 4.79 Å². The number of anilines is 1. The molecule has 176 valence electrons. The maximum atomic E-state index is 12.6. The van der Waals surface area contributed by atoms with E-state index in [4.69, 9.17) is 9.72 Å². The summed E-state index contributed by atoms with van der Waals surface area (Å²) in [5.41, 5.74) is 5.23. The Balaban J connectivity index is 1.43. The SMILES string of the molecule is Cc1ccc(CNc2cc(OCC(C)[C@H](C)c3ccc4ccccc4n3)nn(C)c2=O)c(C)n1. The fraction of sp³-hybridized carbons (Fsp3) is 0.333. The highest BCUT2D eigenvalue weighted by Gasteiger charge is 2.18. The van der Waals surface area contributed by atoms with Crippen molar-refractivity contribution in [2.24, 2.45) is 13.0 Å². The van der Waals surface area contributed by atoms with Crippen molar-refractivity contribution in [3.63, 3.8) is 0 Å². The minimum absolute atomic E-state index is 0.199. The number of hydrogen-bond donors (Lipinski definition) is 1. The molecule has 7 nitrogen and oxygen atoms in total. The van der Waals surface area contributed by atoms with Gasteiger partial charge in [-0.3, -0.25) is 14.8 Å². The van der Waals surface area contributed by atoms with Gasteiger partial charge in [0.2, 0.25) is 5.88 Å². The Morgan fingerprint density at radius 3 is 2.62 bits per heavy atom. The Morgan fingerprint density at radius 1 is 1.03 bits per heavy atom. The Kier molecular flexibility index (Phi) is 6.91. The molecule has 34 heavy (non-hydrogen) atoms. The molecule has 1 N–H and O–H groups in total. The van der Waals surface area contributed by atoms with E-state index >= 15 is 0 Å². The van der Waals surface area contributed by atoms with Crippen LogP contribution in [0.2, 0.25) is 0 Å². The average molecular weight is 458 g/mol. The summed E-state index contributed by atoms with van der Waals surface area (Å²) >= 11 is 0. The molecular formula is C27H31N5O2. The number of nitrogens with zero attached hydrogens (tertiary/aromatic N) is 4. The maximum Gasteiger partial charge on any atom is 0.290 e. The first-order valence-corrected chi connectivity index (χ1v) is 11.6. The van der Waals surface area contributed by atoms with Crippen LogP contribution >= 0.6 is 0 Å². The molecule has 3 aromatic heterocycles. The number of fused-ring (bicyclic) bond motifs is 1. The van der Waals surface area contributed by atoms with Crippen molar-refractivity contribution in [2.75, 3.05) is 11.9 Å². The van der Waals surface area contributed by atoms with Gasteiger partial charge in [0.05, 0.1) is 12.1 Å². The normalized spacial score (nSPS) is 13.0. The predicted molar refractivity (Wildman–Crippen MR) is 135 cm³/mol. The summed E-state index contributed by atoms with van der Waals surface area (Å²) in [6.07, 6.45) is 0. The molecule has 4 aromatic rings. The number of aromatic nitrogens is 4. The van der Waals surface area contributed by atoms with Crippen LogP contribution in [0.25, 0.3) is 10.9 Å². The molecule has 0 saturated heterocycles. The van der Waals surface area contributed by atoms with Gasteiger partial charge in [-0.15, -0.1) is 5.10 Å². The van der Waals surface area contributed by atoms with Gasteiger partial charge < -0.3 is 10.1 Å². The van der Waals surface area contributed by atoms with Crippen molar-refractivity contribution in [1.29, 1.82) is 0 Å². The number of benzene rings is 1. The molecular weight excluding hydrogens is 426 g/mol. The molecule has 0 bridgehead atoms. The lowest BCUT2D eigenvalue weighted by Crippen LogP contribution is -2.25. The molecule has 7 heteroatoms. The minimum Gasteiger partial charge on any atom is -0.476 e. The van der Waals surface area contributed by atoms with Crippen LogP contribution in [0, 0.1) is 19.8 Å². The molecule has 1 aromatic carbocycles. The fourth-order valence-electron chi connectivity index (χ4n) is 3.86. The molecule has 3 heterocycles. The van der Waals surface area contributed by atoms with Crippen molar-refractivity contribution < 1.29 is 4.74 Å². The van der Waals surface area contributed by atoms with Crippen LogP contribution in [0.4, 0.5) is 5.69 Å². The Bertz CT molecular complexity index is 1360. The Labute approximate surface area is 199 Å². The van der Waals surface area contributed by atoms with E-state index in [-0.39, 0.29) is 17.4 Å². The topological polar surface area (TPSA) is 81.9 Å². The highest BCUT2D eigenvalue weighted by Crippen LogP contribution is 2.25. The molecule has 0 amide bonds. The number of ether oxygens (including phenoxy) is 1. The first-order valence-electron chi connectivity index (χ1n) is 11.6. The number of aryl methyl sites for hydroxylation is 3. The van der Waals surface area contributed by atoms with E-state index in [1.54, 1.807) is 13.1 Å². The highest BCUT2D eigenvalue weighted by molar-refractivity contribution is 5.78. The van der Waals surface area contributed by atoms with Crippen molar-refractivity contribution in [3.05, 3.63) is 87.6 Å². The van der Waals surface area contributed by atoms with Gasteiger partial charge in [0.1, 0.15) is 5.69 Å². The van der Waals surface area contributed by atoms with Gasteiger partial charge in [0.15, 0.2) is 0 Å². The van der Waals surface area contributed by atoms with Gasteiger partial charge >= 0.3 is 0 Å². The summed E-state index contributed by atoms with van der Waals surface area (Å²) in [7, 11) is 1.63. The van der Waals surface area contributed by atoms with E-state index in [1.165, 1.54) is 4.68 Å². The maximum absolute atomic E-state index is 12.6. The first-order chi connectivity index (χ1) is 16.3. The summed E-state index contributed by atoms with van der Waals surface area (Å²) in [6, 6.07) is 18.0. The summed E-state index contributed by atoms with van der Waals surface area (Å²) in [4.78, 5) is 21.9. The quantitative estimate of drug-likeness (QED) is 0.410. The van der Waals surface area contributed by atoms with Crippen LogP contribution in [-0.2, 0) is 13.6 Å². The van der Waals surface area contributed by atoms with Crippen LogP contribution in [0.5, 0.6) is 5.88 Å². The van der Waals surface area contributed by atoms with Crippen molar-refractivity contribution in [1.82, 2.24) is 19.7 Å². The molecule has 0 spiro atoms. The second kappa shape index (κ2) is 10.0. The van der Waals surface area contributed by atoms with Gasteiger partial charge in [-0.2, -0.15) is 0 Å². The summed E-state index contributed by atoms with van der Waals surface area (Å²) < 4.78 is 7.32. The van der Waals surface area contributed by atoms with Gasteiger partial charge in [-0.05, 0) is 43.5 Å². The van der Waals surface area contributed by atoms with Gasteiger partial charge in [-0.25, -0.2) is 4.68 Å². The monoisotopic (exact) mass is 457 g/mol. The lowest BCUT2D eigenvalue weighted by atomic mass is 9.93. The smallest absolute Gasteiger partial charge is 0.290 e. The third-order valence-corrected chi connectivity index (χ3v) is 6.28. The van der Waals surface area contributed by atoms with Crippen LogP contribution in [-0.4, -0.2) is 26.4 Å². The zero-order chi connectivity index (χ0) is 24.2. The second-order valence-electron chi connectivity index (χ2n) is 8.88. The number of pyridine rings is 2. The fourth-order valence-corrected chi connectivity index (χ4v) is 3.86. The van der Waals surface area contributed by atoms with E-state index in [2.05, 4.69) is 47.4 Å². The second-order valence-corrected chi connectivity index (χ2v) is 8.88. The molecule has 1 unspecified atom stereocenters. The van der Waals surface area contributed by atoms with Gasteiger partial charge in [0, 0.05) is 48.0 Å². The molecule has 0 aliphatic rings. The van der Waals surface area contributed by atoms with E-state index in [1.807, 2.05) is 44.2 Å².